The Kier molecular flexibility index (Phi) is 5.47. The van der Waals surface area contributed by atoms with E-state index in [-0.39, 0.29) is 6.03 Å². The van der Waals surface area contributed by atoms with Gasteiger partial charge in [-0.25, -0.2) is 4.79 Å². The minimum atomic E-state index is 0.109. The van der Waals surface area contributed by atoms with Gasteiger partial charge in [0.05, 0.1) is 0 Å². The number of nitrogens with one attached hydrogen (secondary N) is 2. The molecule has 4 heteroatoms. The highest BCUT2D eigenvalue weighted by atomic mass is 16.2. The van der Waals surface area contributed by atoms with Crippen LogP contribution in [0.25, 0.3) is 0 Å². The van der Waals surface area contributed by atoms with Crippen LogP contribution in [0.4, 0.5) is 4.79 Å². The van der Waals surface area contributed by atoms with E-state index in [0.29, 0.717) is 5.92 Å². The summed E-state index contributed by atoms with van der Waals surface area (Å²) in [6, 6.07) is 0.109. The van der Waals surface area contributed by atoms with Crippen molar-refractivity contribution >= 4 is 6.03 Å². The quantitative estimate of drug-likeness (QED) is 0.685. The molecule has 15 heavy (non-hydrogen) atoms. The fourth-order valence-electron chi connectivity index (χ4n) is 1.95. The molecule has 0 aromatic heterocycles. The first kappa shape index (κ1) is 12.3. The Morgan fingerprint density at radius 1 is 1.47 bits per heavy atom. The fourth-order valence-corrected chi connectivity index (χ4v) is 1.95. The standard InChI is InChI=1S/C11H23N3O/c1-10-5-3-8-14(9-10)11(15)13-7-4-6-12-2/h10,12H,3-9H2,1-2H3,(H,13,15). The lowest BCUT2D eigenvalue weighted by molar-refractivity contribution is 0.170. The Balaban J connectivity index is 2.15. The Morgan fingerprint density at radius 3 is 2.93 bits per heavy atom. The molecule has 1 aliphatic heterocycles. The van der Waals surface area contributed by atoms with Crippen molar-refractivity contribution in [1.29, 1.82) is 0 Å². The Labute approximate surface area is 92.4 Å². The van der Waals surface area contributed by atoms with E-state index in [1.165, 1.54) is 6.42 Å². The molecule has 0 aromatic carbocycles. The second-order valence-electron chi connectivity index (χ2n) is 4.38. The number of hydrogen-bond donors (Lipinski definition) is 2. The van der Waals surface area contributed by atoms with Crippen molar-refractivity contribution in [3.8, 4) is 0 Å². The lowest BCUT2D eigenvalue weighted by Gasteiger charge is -2.30. The SMILES string of the molecule is CNCCCNC(=O)N1CCCC(C)C1. The Hall–Kier alpha value is -0.770. The van der Waals surface area contributed by atoms with Gasteiger partial charge >= 0.3 is 6.03 Å². The molecule has 0 aromatic rings. The number of carbonyl (C=O) groups is 1. The van der Waals surface area contributed by atoms with Crippen LogP contribution in [0.2, 0.25) is 0 Å². The van der Waals surface area contributed by atoms with Crippen LogP contribution in [0.1, 0.15) is 26.2 Å². The summed E-state index contributed by atoms with van der Waals surface area (Å²) in [4.78, 5) is 13.6. The molecule has 1 atom stereocenters. The lowest BCUT2D eigenvalue weighted by Crippen LogP contribution is -2.45. The van der Waals surface area contributed by atoms with Gasteiger partial charge in [0.1, 0.15) is 0 Å². The summed E-state index contributed by atoms with van der Waals surface area (Å²) in [6.07, 6.45) is 3.39. The van der Waals surface area contributed by atoms with Gasteiger partial charge in [-0.2, -0.15) is 0 Å². The third-order valence-electron chi connectivity index (χ3n) is 2.82. The summed E-state index contributed by atoms with van der Waals surface area (Å²) in [5.41, 5.74) is 0. The van der Waals surface area contributed by atoms with Crippen LogP contribution in [-0.2, 0) is 0 Å². The molecule has 1 saturated heterocycles. The second-order valence-corrected chi connectivity index (χ2v) is 4.38. The fraction of sp³-hybridized carbons (Fsp3) is 0.909. The highest BCUT2D eigenvalue weighted by Crippen LogP contribution is 2.14. The summed E-state index contributed by atoms with van der Waals surface area (Å²) in [7, 11) is 1.92. The van der Waals surface area contributed by atoms with Crippen molar-refractivity contribution < 1.29 is 4.79 Å². The van der Waals surface area contributed by atoms with Crippen LogP contribution >= 0.6 is 0 Å². The minimum Gasteiger partial charge on any atom is -0.338 e. The molecule has 2 N–H and O–H groups in total. The number of nitrogens with zero attached hydrogens (tertiary/aromatic N) is 1. The van der Waals surface area contributed by atoms with Gasteiger partial charge < -0.3 is 15.5 Å². The van der Waals surface area contributed by atoms with Crippen LogP contribution in [-0.4, -0.2) is 44.2 Å². The highest BCUT2D eigenvalue weighted by molar-refractivity contribution is 5.74. The largest absolute Gasteiger partial charge is 0.338 e. The molecule has 0 aliphatic carbocycles. The molecule has 4 nitrogen and oxygen atoms in total. The van der Waals surface area contributed by atoms with Crippen LogP contribution in [0.15, 0.2) is 0 Å². The van der Waals surface area contributed by atoms with Crippen LogP contribution < -0.4 is 10.6 Å². The van der Waals surface area contributed by atoms with Crippen molar-refractivity contribution in [3.05, 3.63) is 0 Å². The maximum absolute atomic E-state index is 11.7. The molecule has 1 fully saturated rings. The third-order valence-corrected chi connectivity index (χ3v) is 2.82. The Bertz CT molecular complexity index is 196. The molecule has 1 heterocycles. The number of piperidine rings is 1. The van der Waals surface area contributed by atoms with Crippen molar-refractivity contribution in [2.24, 2.45) is 5.92 Å². The van der Waals surface area contributed by atoms with E-state index in [0.717, 1.165) is 39.0 Å². The van der Waals surface area contributed by atoms with Crippen LogP contribution in [0.3, 0.4) is 0 Å². The van der Waals surface area contributed by atoms with Gasteiger partial charge in [-0.1, -0.05) is 6.92 Å². The van der Waals surface area contributed by atoms with Gasteiger partial charge in [-0.15, -0.1) is 0 Å². The van der Waals surface area contributed by atoms with E-state index < -0.39 is 0 Å². The van der Waals surface area contributed by atoms with E-state index in [1.54, 1.807) is 0 Å². The lowest BCUT2D eigenvalue weighted by atomic mass is 10.0. The molecule has 1 aliphatic rings. The third kappa shape index (κ3) is 4.51. The van der Waals surface area contributed by atoms with Gasteiger partial charge in [0.25, 0.3) is 0 Å². The number of carbonyl (C=O) groups excluding carboxylic acids is 1. The van der Waals surface area contributed by atoms with Gasteiger partial charge in [0.15, 0.2) is 0 Å². The average Bonchev–Trinajstić information content (AvgIpc) is 2.24. The maximum atomic E-state index is 11.7. The van der Waals surface area contributed by atoms with Crippen LogP contribution in [0, 0.1) is 5.92 Å². The zero-order valence-electron chi connectivity index (χ0n) is 9.88. The molecule has 0 radical (unpaired) electrons. The molecule has 0 saturated carbocycles. The zero-order valence-corrected chi connectivity index (χ0v) is 9.88. The Morgan fingerprint density at radius 2 is 2.27 bits per heavy atom. The summed E-state index contributed by atoms with van der Waals surface area (Å²) < 4.78 is 0. The molecule has 0 bridgehead atoms. The average molecular weight is 213 g/mol. The van der Waals surface area contributed by atoms with E-state index >= 15 is 0 Å². The molecular weight excluding hydrogens is 190 g/mol. The van der Waals surface area contributed by atoms with E-state index in [4.69, 9.17) is 0 Å². The summed E-state index contributed by atoms with van der Waals surface area (Å²) >= 11 is 0. The molecule has 2 amide bonds. The van der Waals surface area contributed by atoms with Gasteiger partial charge in [-0.05, 0) is 38.8 Å². The summed E-state index contributed by atoms with van der Waals surface area (Å²) in [6.45, 7) is 5.77. The molecular formula is C11H23N3O. The van der Waals surface area contributed by atoms with Crippen molar-refractivity contribution in [1.82, 2.24) is 15.5 Å². The molecule has 1 unspecified atom stereocenters. The molecule has 88 valence electrons. The monoisotopic (exact) mass is 213 g/mol. The van der Waals surface area contributed by atoms with E-state index in [2.05, 4.69) is 17.6 Å². The number of rotatable bonds is 4. The van der Waals surface area contributed by atoms with Crippen molar-refractivity contribution in [3.63, 3.8) is 0 Å². The second kappa shape index (κ2) is 6.67. The van der Waals surface area contributed by atoms with Gasteiger partial charge in [-0.3, -0.25) is 0 Å². The number of urea groups is 1. The summed E-state index contributed by atoms with van der Waals surface area (Å²) in [5.74, 6) is 0.654. The van der Waals surface area contributed by atoms with E-state index in [9.17, 15) is 4.79 Å². The first-order valence-corrected chi connectivity index (χ1v) is 5.91. The first-order chi connectivity index (χ1) is 7.24. The minimum absolute atomic E-state index is 0.109. The van der Waals surface area contributed by atoms with E-state index in [1.807, 2.05) is 11.9 Å². The maximum Gasteiger partial charge on any atom is 0.317 e. The van der Waals surface area contributed by atoms with Gasteiger partial charge in [0.2, 0.25) is 0 Å². The number of amides is 2. The smallest absolute Gasteiger partial charge is 0.317 e. The zero-order chi connectivity index (χ0) is 11.1. The topological polar surface area (TPSA) is 44.4 Å². The predicted molar refractivity (Wildman–Crippen MR) is 61.9 cm³/mol. The highest BCUT2D eigenvalue weighted by Gasteiger charge is 2.19. The number of likely N-dealkylation sites (tertiary alicyclic amines) is 1. The van der Waals surface area contributed by atoms with Crippen molar-refractivity contribution in [2.75, 3.05) is 33.2 Å². The normalized spacial score (nSPS) is 21.5. The first-order valence-electron chi connectivity index (χ1n) is 5.91. The summed E-state index contributed by atoms with van der Waals surface area (Å²) in [5, 5.41) is 6.02. The van der Waals surface area contributed by atoms with Crippen molar-refractivity contribution in [2.45, 2.75) is 26.2 Å². The van der Waals surface area contributed by atoms with Gasteiger partial charge in [0, 0.05) is 19.6 Å². The molecule has 1 rings (SSSR count). The number of hydrogen-bond acceptors (Lipinski definition) is 2. The molecule has 0 spiro atoms. The van der Waals surface area contributed by atoms with Crippen LogP contribution in [0.5, 0.6) is 0 Å². The predicted octanol–water partition coefficient (Wildman–Crippen LogP) is 1.04.